The number of benzene rings is 1. The van der Waals surface area contributed by atoms with Crippen molar-refractivity contribution >= 4 is 37.8 Å². The Labute approximate surface area is 214 Å². The zero-order valence-electron chi connectivity index (χ0n) is 21.0. The van der Waals surface area contributed by atoms with Crippen LogP contribution in [0.15, 0.2) is 52.5 Å². The number of nitrogens with zero attached hydrogens (tertiary/aromatic N) is 6. The zero-order valence-corrected chi connectivity index (χ0v) is 21.8. The number of pyridine rings is 2. The molecule has 3 aromatic heterocycles. The lowest BCUT2D eigenvalue weighted by molar-refractivity contribution is 0.122. The van der Waals surface area contributed by atoms with Crippen LogP contribution in [0, 0.1) is 6.92 Å². The van der Waals surface area contributed by atoms with Gasteiger partial charge in [-0.05, 0) is 31.2 Å². The van der Waals surface area contributed by atoms with Gasteiger partial charge in [0.15, 0.2) is 9.84 Å². The van der Waals surface area contributed by atoms with Gasteiger partial charge in [0.05, 0.1) is 58.8 Å². The minimum absolute atomic E-state index is 0.0233. The fourth-order valence-corrected chi connectivity index (χ4v) is 6.61. The average molecular weight is 521 g/mol. The number of fused-ring (bicyclic) bond motifs is 2. The van der Waals surface area contributed by atoms with Crippen LogP contribution >= 0.6 is 0 Å². The molecule has 4 aromatic rings. The lowest BCUT2D eigenvalue weighted by Gasteiger charge is -2.34. The molecule has 0 unspecified atom stereocenters. The minimum Gasteiger partial charge on any atom is -0.378 e. The van der Waals surface area contributed by atoms with E-state index in [2.05, 4.69) is 21.0 Å². The quantitative estimate of drug-likeness (QED) is 0.406. The largest absolute Gasteiger partial charge is 0.378 e. The van der Waals surface area contributed by atoms with Crippen LogP contribution in [-0.4, -0.2) is 66.4 Å². The number of aromatic nitrogens is 4. The van der Waals surface area contributed by atoms with E-state index in [-0.39, 0.29) is 22.8 Å². The number of anilines is 3. The first-order valence-electron chi connectivity index (χ1n) is 12.2. The molecular weight excluding hydrogens is 492 g/mol. The Morgan fingerprint density at radius 1 is 0.973 bits per heavy atom. The second kappa shape index (κ2) is 8.70. The number of morpholine rings is 1. The van der Waals surface area contributed by atoms with E-state index in [1.54, 1.807) is 41.7 Å². The molecule has 1 saturated heterocycles. The number of hydrogen-bond acceptors (Lipinski definition) is 8. The van der Waals surface area contributed by atoms with Gasteiger partial charge in [0.1, 0.15) is 0 Å². The maximum atomic E-state index is 13.2. The third-order valence-electron chi connectivity index (χ3n) is 7.21. The minimum atomic E-state index is -3.50. The Morgan fingerprint density at radius 3 is 2.49 bits per heavy atom. The molecule has 0 bridgehead atoms. The molecule has 0 aliphatic carbocycles. The first-order valence-corrected chi connectivity index (χ1v) is 13.8. The third kappa shape index (κ3) is 3.98. The molecule has 1 aromatic carbocycles. The van der Waals surface area contributed by atoms with E-state index in [0.29, 0.717) is 30.2 Å². The highest BCUT2D eigenvalue weighted by Gasteiger charge is 2.32. The highest BCUT2D eigenvalue weighted by Crippen LogP contribution is 2.41. The summed E-state index contributed by atoms with van der Waals surface area (Å²) in [7, 11) is 0.0818. The molecule has 11 heteroatoms. The predicted molar refractivity (Wildman–Crippen MR) is 142 cm³/mol. The van der Waals surface area contributed by atoms with Gasteiger partial charge in [-0.3, -0.25) is 14.5 Å². The fraction of sp³-hybridized carbons (Fsp3) is 0.346. The van der Waals surface area contributed by atoms with Gasteiger partial charge in [-0.1, -0.05) is 0 Å². The van der Waals surface area contributed by atoms with Gasteiger partial charge in [0.2, 0.25) is 0 Å². The van der Waals surface area contributed by atoms with Crippen molar-refractivity contribution in [3.63, 3.8) is 0 Å². The van der Waals surface area contributed by atoms with Gasteiger partial charge in [-0.25, -0.2) is 8.42 Å². The Balaban J connectivity index is 1.57. The average Bonchev–Trinajstić information content (AvgIpc) is 3.34. The molecule has 2 aliphatic rings. The topological polar surface area (TPSA) is 103 Å². The number of aryl methyl sites for hydroxylation is 3. The Kier molecular flexibility index (Phi) is 5.57. The molecule has 5 heterocycles. The fourth-order valence-electron chi connectivity index (χ4n) is 5.20. The van der Waals surface area contributed by atoms with Gasteiger partial charge in [-0.15, -0.1) is 0 Å². The van der Waals surface area contributed by atoms with E-state index >= 15 is 0 Å². The molecule has 0 saturated carbocycles. The van der Waals surface area contributed by atoms with Crippen LogP contribution in [-0.2, 0) is 28.7 Å². The van der Waals surface area contributed by atoms with E-state index in [1.807, 2.05) is 30.3 Å². The number of rotatable bonds is 3. The van der Waals surface area contributed by atoms with E-state index in [1.165, 1.54) is 0 Å². The predicted octanol–water partition coefficient (Wildman–Crippen LogP) is 2.40. The highest BCUT2D eigenvalue weighted by molar-refractivity contribution is 7.91. The highest BCUT2D eigenvalue weighted by atomic mass is 32.2. The normalized spacial score (nSPS) is 17.3. The van der Waals surface area contributed by atoms with Crippen LogP contribution in [0.4, 0.5) is 17.1 Å². The molecule has 192 valence electrons. The Morgan fingerprint density at radius 2 is 1.76 bits per heavy atom. The van der Waals surface area contributed by atoms with Crippen LogP contribution in [0.25, 0.3) is 22.2 Å². The molecule has 37 heavy (non-hydrogen) atoms. The number of ether oxygens (including phenoxy) is 1. The summed E-state index contributed by atoms with van der Waals surface area (Å²) >= 11 is 0. The van der Waals surface area contributed by atoms with Gasteiger partial charge in [0.25, 0.3) is 5.56 Å². The molecule has 0 amide bonds. The van der Waals surface area contributed by atoms with E-state index in [0.717, 1.165) is 40.9 Å². The van der Waals surface area contributed by atoms with Crippen molar-refractivity contribution in [3.05, 3.63) is 58.8 Å². The maximum Gasteiger partial charge on any atom is 0.253 e. The van der Waals surface area contributed by atoms with E-state index < -0.39 is 9.84 Å². The Bertz CT molecular complexity index is 1700. The van der Waals surface area contributed by atoms with Gasteiger partial charge in [0, 0.05) is 62.1 Å². The monoisotopic (exact) mass is 520 g/mol. The maximum absolute atomic E-state index is 13.2. The smallest absolute Gasteiger partial charge is 0.253 e. The number of hydrogen-bond donors (Lipinski definition) is 0. The Hall–Kier alpha value is -3.70. The van der Waals surface area contributed by atoms with Crippen molar-refractivity contribution in [1.29, 1.82) is 0 Å². The molecule has 1 fully saturated rings. The lowest BCUT2D eigenvalue weighted by atomic mass is 10.1. The standard InChI is InChI=1S/C26H28N6O4S/c1-17-10-20-22(30(3)26(17)33)11-19(31-4-7-36-8-5-31)12-23(20)32-6-9-37(34,35)25-13-21(27-15-24(25)32)18-14-28-29(2)16-18/h10-16H,4-9H2,1-3H3. The molecule has 0 radical (unpaired) electrons. The van der Waals surface area contributed by atoms with E-state index in [4.69, 9.17) is 4.74 Å². The summed E-state index contributed by atoms with van der Waals surface area (Å²) in [5, 5.41) is 5.08. The van der Waals surface area contributed by atoms with Crippen molar-refractivity contribution < 1.29 is 13.2 Å². The molecule has 2 aliphatic heterocycles. The van der Waals surface area contributed by atoms with Gasteiger partial charge >= 0.3 is 0 Å². The van der Waals surface area contributed by atoms with Crippen molar-refractivity contribution in [3.8, 4) is 11.3 Å². The summed E-state index contributed by atoms with van der Waals surface area (Å²) in [6, 6.07) is 7.67. The second-order valence-electron chi connectivity index (χ2n) is 9.60. The first-order chi connectivity index (χ1) is 17.7. The van der Waals surface area contributed by atoms with Crippen LogP contribution < -0.4 is 15.4 Å². The SMILES string of the molecule is Cc1cc2c(N3CCS(=O)(=O)c4cc(-c5cnn(C)c5)ncc43)cc(N3CCOCC3)cc2n(C)c1=O. The van der Waals surface area contributed by atoms with Crippen molar-refractivity contribution in [2.24, 2.45) is 14.1 Å². The first kappa shape index (κ1) is 23.7. The summed E-state index contributed by atoms with van der Waals surface area (Å²) in [4.78, 5) is 22.0. The summed E-state index contributed by atoms with van der Waals surface area (Å²) in [5.41, 5.74) is 5.04. The molecule has 10 nitrogen and oxygen atoms in total. The lowest BCUT2D eigenvalue weighted by Crippen LogP contribution is -2.37. The third-order valence-corrected chi connectivity index (χ3v) is 8.93. The molecule has 6 rings (SSSR count). The molecule has 0 N–H and O–H groups in total. The van der Waals surface area contributed by atoms with Gasteiger partial charge in [-0.2, -0.15) is 5.10 Å². The van der Waals surface area contributed by atoms with E-state index in [9.17, 15) is 13.2 Å². The van der Waals surface area contributed by atoms with Crippen molar-refractivity contribution in [1.82, 2.24) is 19.3 Å². The summed E-state index contributed by atoms with van der Waals surface area (Å²) in [6.07, 6.45) is 5.12. The van der Waals surface area contributed by atoms with Gasteiger partial charge < -0.3 is 19.1 Å². The van der Waals surface area contributed by atoms with Crippen molar-refractivity contribution in [2.45, 2.75) is 11.8 Å². The zero-order chi connectivity index (χ0) is 25.9. The van der Waals surface area contributed by atoms with Crippen LogP contribution in [0.2, 0.25) is 0 Å². The van der Waals surface area contributed by atoms with Crippen LogP contribution in [0.5, 0.6) is 0 Å². The van der Waals surface area contributed by atoms with Crippen LogP contribution in [0.3, 0.4) is 0 Å². The summed E-state index contributed by atoms with van der Waals surface area (Å²) < 4.78 is 35.3. The second-order valence-corrected chi connectivity index (χ2v) is 11.7. The summed E-state index contributed by atoms with van der Waals surface area (Å²) in [5.74, 6) is -0.0233. The van der Waals surface area contributed by atoms with Crippen molar-refractivity contribution in [2.75, 3.05) is 48.4 Å². The molecular formula is C26H28N6O4S. The molecule has 0 atom stereocenters. The van der Waals surface area contributed by atoms with Crippen LogP contribution in [0.1, 0.15) is 5.56 Å². The number of sulfone groups is 1. The summed E-state index contributed by atoms with van der Waals surface area (Å²) in [6.45, 7) is 4.83. The molecule has 0 spiro atoms.